The Bertz CT molecular complexity index is 744. The van der Waals surface area contributed by atoms with Crippen LogP contribution in [0.25, 0.3) is 0 Å². The Labute approximate surface area is 138 Å². The number of amides is 2. The second-order valence-electron chi connectivity index (χ2n) is 5.18. The standard InChI is InChI=1S/C17H15ClN2O3/c18-13-4-2-12(3-5-13)17(22)19-8-7-11-1-6-15-14(9-11)20-16(21)10-23-15/h1-6,9H,7-8,10H2,(H,19,22)(H,20,21). The maximum absolute atomic E-state index is 12.0. The maximum atomic E-state index is 12.0. The highest BCUT2D eigenvalue weighted by molar-refractivity contribution is 6.30. The van der Waals surface area contributed by atoms with Gasteiger partial charge in [-0.2, -0.15) is 0 Å². The summed E-state index contributed by atoms with van der Waals surface area (Å²) in [5.41, 5.74) is 2.24. The normalized spacial score (nSPS) is 12.8. The molecule has 2 N–H and O–H groups in total. The SMILES string of the molecule is O=C1COc2ccc(CCNC(=O)c3ccc(Cl)cc3)cc2N1. The van der Waals surface area contributed by atoms with Crippen LogP contribution in [0.4, 0.5) is 5.69 Å². The number of nitrogens with one attached hydrogen (secondary N) is 2. The third-order valence-electron chi connectivity index (χ3n) is 3.48. The fraction of sp³-hybridized carbons (Fsp3) is 0.176. The number of rotatable bonds is 4. The molecule has 0 saturated heterocycles. The first-order valence-electron chi connectivity index (χ1n) is 7.21. The fourth-order valence-electron chi connectivity index (χ4n) is 2.31. The van der Waals surface area contributed by atoms with Crippen LogP contribution in [0, 0.1) is 0 Å². The van der Waals surface area contributed by atoms with Crippen LogP contribution in [0.5, 0.6) is 5.75 Å². The van der Waals surface area contributed by atoms with Gasteiger partial charge in [-0.05, 0) is 48.4 Å². The zero-order chi connectivity index (χ0) is 16.2. The number of anilines is 1. The van der Waals surface area contributed by atoms with Crippen molar-refractivity contribution in [1.82, 2.24) is 5.32 Å². The molecule has 0 atom stereocenters. The first-order chi connectivity index (χ1) is 11.1. The van der Waals surface area contributed by atoms with Crippen molar-refractivity contribution in [3.8, 4) is 5.75 Å². The van der Waals surface area contributed by atoms with E-state index in [9.17, 15) is 9.59 Å². The van der Waals surface area contributed by atoms with E-state index in [-0.39, 0.29) is 18.4 Å². The third kappa shape index (κ3) is 3.81. The summed E-state index contributed by atoms with van der Waals surface area (Å²) < 4.78 is 5.31. The summed E-state index contributed by atoms with van der Waals surface area (Å²) >= 11 is 5.80. The Balaban J connectivity index is 1.56. The van der Waals surface area contributed by atoms with Crippen LogP contribution in [-0.2, 0) is 11.2 Å². The van der Waals surface area contributed by atoms with Crippen LogP contribution in [0.3, 0.4) is 0 Å². The largest absolute Gasteiger partial charge is 0.482 e. The zero-order valence-corrected chi connectivity index (χ0v) is 13.0. The van der Waals surface area contributed by atoms with E-state index in [0.717, 1.165) is 5.56 Å². The molecule has 2 amide bonds. The Morgan fingerprint density at radius 3 is 2.78 bits per heavy atom. The third-order valence-corrected chi connectivity index (χ3v) is 3.73. The predicted octanol–water partition coefficient (Wildman–Crippen LogP) is 2.64. The molecule has 2 aromatic rings. The second-order valence-corrected chi connectivity index (χ2v) is 5.62. The molecule has 118 valence electrons. The average Bonchev–Trinajstić information content (AvgIpc) is 2.55. The molecule has 1 heterocycles. The molecular weight excluding hydrogens is 316 g/mol. The summed E-state index contributed by atoms with van der Waals surface area (Å²) in [6.07, 6.45) is 0.655. The lowest BCUT2D eigenvalue weighted by Crippen LogP contribution is -2.26. The first kappa shape index (κ1) is 15.4. The predicted molar refractivity (Wildman–Crippen MR) is 88.1 cm³/mol. The van der Waals surface area contributed by atoms with E-state index in [4.69, 9.17) is 16.3 Å². The van der Waals surface area contributed by atoms with Gasteiger partial charge in [0, 0.05) is 17.1 Å². The van der Waals surface area contributed by atoms with E-state index in [0.29, 0.717) is 35.0 Å². The van der Waals surface area contributed by atoms with Crippen molar-refractivity contribution in [2.45, 2.75) is 6.42 Å². The summed E-state index contributed by atoms with van der Waals surface area (Å²) in [5, 5.41) is 6.22. The van der Waals surface area contributed by atoms with Crippen molar-refractivity contribution < 1.29 is 14.3 Å². The van der Waals surface area contributed by atoms with Crippen molar-refractivity contribution in [2.75, 3.05) is 18.5 Å². The smallest absolute Gasteiger partial charge is 0.262 e. The highest BCUT2D eigenvalue weighted by atomic mass is 35.5. The number of carbonyl (C=O) groups is 2. The molecule has 0 unspecified atom stereocenters. The molecule has 0 aromatic heterocycles. The monoisotopic (exact) mass is 330 g/mol. The van der Waals surface area contributed by atoms with E-state index in [1.807, 2.05) is 18.2 Å². The molecule has 6 heteroatoms. The number of carbonyl (C=O) groups excluding carboxylic acids is 2. The van der Waals surface area contributed by atoms with Gasteiger partial charge in [0.15, 0.2) is 6.61 Å². The Kier molecular flexibility index (Phi) is 4.48. The number of halogens is 1. The minimum Gasteiger partial charge on any atom is -0.482 e. The van der Waals surface area contributed by atoms with Gasteiger partial charge in [0.2, 0.25) is 0 Å². The Morgan fingerprint density at radius 1 is 1.22 bits per heavy atom. The molecule has 3 rings (SSSR count). The van der Waals surface area contributed by atoms with Gasteiger partial charge in [-0.1, -0.05) is 17.7 Å². The van der Waals surface area contributed by atoms with E-state index in [1.54, 1.807) is 24.3 Å². The molecule has 2 aromatic carbocycles. The van der Waals surface area contributed by atoms with Gasteiger partial charge >= 0.3 is 0 Å². The van der Waals surface area contributed by atoms with Gasteiger partial charge < -0.3 is 15.4 Å². The van der Waals surface area contributed by atoms with Crippen LogP contribution in [0.2, 0.25) is 5.02 Å². The van der Waals surface area contributed by atoms with Crippen LogP contribution in [-0.4, -0.2) is 25.0 Å². The van der Waals surface area contributed by atoms with Crippen molar-refractivity contribution in [3.05, 3.63) is 58.6 Å². The van der Waals surface area contributed by atoms with Crippen molar-refractivity contribution in [3.63, 3.8) is 0 Å². The highest BCUT2D eigenvalue weighted by Gasteiger charge is 2.15. The molecule has 1 aliphatic heterocycles. The van der Waals surface area contributed by atoms with Crippen molar-refractivity contribution in [1.29, 1.82) is 0 Å². The van der Waals surface area contributed by atoms with Crippen LogP contribution >= 0.6 is 11.6 Å². The summed E-state index contributed by atoms with van der Waals surface area (Å²) in [5.74, 6) is 0.362. The molecule has 0 spiro atoms. The van der Waals surface area contributed by atoms with Gasteiger partial charge in [-0.15, -0.1) is 0 Å². The maximum Gasteiger partial charge on any atom is 0.262 e. The van der Waals surface area contributed by atoms with E-state index < -0.39 is 0 Å². The van der Waals surface area contributed by atoms with E-state index in [2.05, 4.69) is 10.6 Å². The van der Waals surface area contributed by atoms with E-state index in [1.165, 1.54) is 0 Å². The summed E-state index contributed by atoms with van der Waals surface area (Å²) in [4.78, 5) is 23.3. The molecule has 23 heavy (non-hydrogen) atoms. The minimum atomic E-state index is -0.161. The van der Waals surface area contributed by atoms with Crippen molar-refractivity contribution in [2.24, 2.45) is 0 Å². The number of hydrogen-bond donors (Lipinski definition) is 2. The van der Waals surface area contributed by atoms with Crippen LogP contribution in [0.1, 0.15) is 15.9 Å². The number of fused-ring (bicyclic) bond motifs is 1. The Hall–Kier alpha value is -2.53. The molecule has 0 radical (unpaired) electrons. The van der Waals surface area contributed by atoms with Crippen molar-refractivity contribution >= 4 is 29.1 Å². The quantitative estimate of drug-likeness (QED) is 0.905. The molecule has 5 nitrogen and oxygen atoms in total. The van der Waals surface area contributed by atoms with Crippen LogP contribution in [0.15, 0.2) is 42.5 Å². The number of ether oxygens (including phenoxy) is 1. The van der Waals surface area contributed by atoms with Gasteiger partial charge in [0.05, 0.1) is 5.69 Å². The number of benzene rings is 2. The second kappa shape index (κ2) is 6.71. The van der Waals surface area contributed by atoms with Gasteiger partial charge in [0.1, 0.15) is 5.75 Å². The summed E-state index contributed by atoms with van der Waals surface area (Å²) in [7, 11) is 0. The molecule has 0 bridgehead atoms. The average molecular weight is 331 g/mol. The topological polar surface area (TPSA) is 67.4 Å². The lowest BCUT2D eigenvalue weighted by Gasteiger charge is -2.18. The van der Waals surface area contributed by atoms with Gasteiger partial charge in [-0.3, -0.25) is 9.59 Å². The minimum absolute atomic E-state index is 0.0451. The van der Waals surface area contributed by atoms with Gasteiger partial charge in [-0.25, -0.2) is 0 Å². The van der Waals surface area contributed by atoms with Crippen LogP contribution < -0.4 is 15.4 Å². The summed E-state index contributed by atoms with van der Waals surface area (Å²) in [6.45, 7) is 0.540. The fourth-order valence-corrected chi connectivity index (χ4v) is 2.44. The van der Waals surface area contributed by atoms with E-state index >= 15 is 0 Å². The first-order valence-corrected chi connectivity index (χ1v) is 7.59. The summed E-state index contributed by atoms with van der Waals surface area (Å²) in [6, 6.07) is 12.3. The number of hydrogen-bond acceptors (Lipinski definition) is 3. The molecule has 0 fully saturated rings. The Morgan fingerprint density at radius 2 is 2.00 bits per heavy atom. The molecular formula is C17H15ClN2O3. The molecule has 1 aliphatic rings. The highest BCUT2D eigenvalue weighted by Crippen LogP contribution is 2.28. The molecule has 0 saturated carbocycles. The lowest BCUT2D eigenvalue weighted by molar-refractivity contribution is -0.118. The lowest BCUT2D eigenvalue weighted by atomic mass is 10.1. The zero-order valence-electron chi connectivity index (χ0n) is 12.3. The molecule has 0 aliphatic carbocycles. The van der Waals surface area contributed by atoms with Gasteiger partial charge in [0.25, 0.3) is 11.8 Å².